The zero-order valence-corrected chi connectivity index (χ0v) is 25.2. The molecular weight excluding hydrogens is 562 g/mol. The Balaban J connectivity index is 1.46. The molecule has 6 rings (SSSR count). The van der Waals surface area contributed by atoms with Gasteiger partial charge in [-0.15, -0.1) is 0 Å². The largest absolute Gasteiger partial charge is 0.460 e. The molecule has 0 aromatic heterocycles. The summed E-state index contributed by atoms with van der Waals surface area (Å²) in [6, 6.07) is 11.9. The number of hydrogen-bond donors (Lipinski definition) is 2. The standard InChI is InChI=1S/C34H39N3O7/c1-20(2)25(19-38)37-30-32(41)36(24-14-13-22-9-4-5-10-23(22)17-24)16-8-15-34(30)29(31(37)40)28-26(44-34)11-6-7-12-27(39)35-18-21(3)43-33(28)42/h4-6,8-11,13-15,17,20-21,25-26,28-30,38H,7,12,16,18-19H2,1-3H3,(H,35,39)/b11-6-/t21-,25+,26-,28+,29+,30-,34+/m1/s1. The number of carbonyl (C=O) groups excluding carboxylic acids is 4. The molecule has 232 valence electrons. The van der Waals surface area contributed by atoms with Crippen molar-refractivity contribution < 1.29 is 33.8 Å². The monoisotopic (exact) mass is 601 g/mol. The lowest BCUT2D eigenvalue weighted by Gasteiger charge is -2.39. The maximum atomic E-state index is 14.8. The van der Waals surface area contributed by atoms with E-state index in [4.69, 9.17) is 9.47 Å². The minimum Gasteiger partial charge on any atom is -0.460 e. The Morgan fingerprint density at radius 1 is 1.05 bits per heavy atom. The third-order valence-electron chi connectivity index (χ3n) is 9.33. The fourth-order valence-corrected chi connectivity index (χ4v) is 7.16. The van der Waals surface area contributed by atoms with E-state index >= 15 is 0 Å². The molecule has 2 saturated heterocycles. The number of aliphatic hydroxyl groups excluding tert-OH is 1. The molecule has 10 heteroatoms. The number of amides is 3. The third kappa shape index (κ3) is 4.99. The molecule has 4 aliphatic rings. The van der Waals surface area contributed by atoms with Gasteiger partial charge in [0.1, 0.15) is 23.7 Å². The SMILES string of the molecule is CC(C)[C@H](CO)N1C(=O)[C@@H]2[C@H]3C(=O)O[C@H](C)CNC(=O)CC/C=C\[C@H]3O[C@@]23C=CCN(c2ccc4ccccc4c2)C(=O)[C@@H]13. The number of anilines is 1. The number of carbonyl (C=O) groups is 4. The van der Waals surface area contributed by atoms with Gasteiger partial charge in [-0.25, -0.2) is 0 Å². The highest BCUT2D eigenvalue weighted by atomic mass is 16.6. The fraction of sp³-hybridized carbons (Fsp3) is 0.471. The van der Waals surface area contributed by atoms with Crippen LogP contribution in [0.3, 0.4) is 0 Å². The number of esters is 1. The van der Waals surface area contributed by atoms with Crippen LogP contribution < -0.4 is 10.2 Å². The first kappa shape index (κ1) is 30.0. The lowest BCUT2D eigenvalue weighted by atomic mass is 9.78. The minimum atomic E-state index is -1.47. The van der Waals surface area contributed by atoms with Gasteiger partial charge in [-0.1, -0.05) is 68.5 Å². The molecule has 2 aromatic carbocycles. The van der Waals surface area contributed by atoms with E-state index in [1.54, 1.807) is 30.1 Å². The summed E-state index contributed by atoms with van der Waals surface area (Å²) in [5.41, 5.74) is -0.802. The quantitative estimate of drug-likeness (QED) is 0.408. The molecule has 10 nitrogen and oxygen atoms in total. The van der Waals surface area contributed by atoms with Crippen molar-refractivity contribution in [3.05, 3.63) is 66.8 Å². The predicted octanol–water partition coefficient (Wildman–Crippen LogP) is 2.74. The van der Waals surface area contributed by atoms with Gasteiger partial charge in [0, 0.05) is 18.7 Å². The van der Waals surface area contributed by atoms with E-state index in [-0.39, 0.29) is 43.8 Å². The number of hydrogen-bond acceptors (Lipinski definition) is 7. The lowest BCUT2D eigenvalue weighted by molar-refractivity contribution is -0.159. The number of fused-ring (bicyclic) bond motifs is 3. The Morgan fingerprint density at radius 2 is 1.82 bits per heavy atom. The summed E-state index contributed by atoms with van der Waals surface area (Å²) in [6.07, 6.45) is 6.28. The Labute approximate surface area is 256 Å². The second kappa shape index (κ2) is 11.8. The summed E-state index contributed by atoms with van der Waals surface area (Å²) in [4.78, 5) is 58.5. The van der Waals surface area contributed by atoms with Crippen molar-refractivity contribution in [3.8, 4) is 0 Å². The molecular formula is C34H39N3O7. The van der Waals surface area contributed by atoms with Gasteiger partial charge in [0.2, 0.25) is 11.8 Å². The van der Waals surface area contributed by atoms with Gasteiger partial charge in [0.25, 0.3) is 5.91 Å². The van der Waals surface area contributed by atoms with Crippen LogP contribution in [0.15, 0.2) is 66.8 Å². The van der Waals surface area contributed by atoms with Crippen molar-refractivity contribution in [2.45, 2.75) is 63.5 Å². The van der Waals surface area contributed by atoms with Crippen LogP contribution in [0.5, 0.6) is 0 Å². The molecule has 44 heavy (non-hydrogen) atoms. The Kier molecular flexibility index (Phi) is 8.06. The number of ether oxygens (including phenoxy) is 2. The highest BCUT2D eigenvalue weighted by Gasteiger charge is 2.72. The number of allylic oxidation sites excluding steroid dienone is 1. The van der Waals surface area contributed by atoms with Gasteiger partial charge in [-0.05, 0) is 42.2 Å². The van der Waals surface area contributed by atoms with E-state index in [0.717, 1.165) is 10.8 Å². The van der Waals surface area contributed by atoms with Crippen molar-refractivity contribution in [2.24, 2.45) is 17.8 Å². The van der Waals surface area contributed by atoms with Gasteiger partial charge in [0.05, 0.1) is 31.2 Å². The summed E-state index contributed by atoms with van der Waals surface area (Å²) in [6.45, 7) is 5.48. The van der Waals surface area contributed by atoms with Gasteiger partial charge < -0.3 is 29.7 Å². The molecule has 0 radical (unpaired) electrons. The van der Waals surface area contributed by atoms with Crippen molar-refractivity contribution in [1.29, 1.82) is 0 Å². The van der Waals surface area contributed by atoms with Crippen LogP contribution in [0.4, 0.5) is 5.69 Å². The Bertz CT molecular complexity index is 1540. The smallest absolute Gasteiger partial charge is 0.313 e. The number of benzene rings is 2. The van der Waals surface area contributed by atoms with Crippen molar-refractivity contribution in [2.75, 3.05) is 24.6 Å². The first-order chi connectivity index (χ1) is 21.2. The number of likely N-dealkylation sites (tertiary alicyclic amines) is 1. The fourth-order valence-electron chi connectivity index (χ4n) is 7.16. The maximum absolute atomic E-state index is 14.8. The van der Waals surface area contributed by atoms with Crippen LogP contribution in [0.25, 0.3) is 10.8 Å². The summed E-state index contributed by atoms with van der Waals surface area (Å²) < 4.78 is 12.5. The van der Waals surface area contributed by atoms with Crippen LogP contribution >= 0.6 is 0 Å². The van der Waals surface area contributed by atoms with Crippen LogP contribution in [0, 0.1) is 17.8 Å². The topological polar surface area (TPSA) is 125 Å². The molecule has 0 unspecified atom stereocenters. The van der Waals surface area contributed by atoms with Crippen molar-refractivity contribution in [1.82, 2.24) is 10.2 Å². The molecule has 2 aromatic rings. The first-order valence-corrected chi connectivity index (χ1v) is 15.4. The average molecular weight is 602 g/mol. The zero-order valence-electron chi connectivity index (χ0n) is 25.2. The van der Waals surface area contributed by atoms with E-state index < -0.39 is 53.6 Å². The molecule has 1 spiro atoms. The van der Waals surface area contributed by atoms with Crippen LogP contribution in [-0.4, -0.2) is 83.3 Å². The molecule has 0 bridgehead atoms. The second-order valence-corrected chi connectivity index (χ2v) is 12.5. The molecule has 3 amide bonds. The first-order valence-electron chi connectivity index (χ1n) is 15.4. The normalized spacial score (nSPS) is 32.2. The van der Waals surface area contributed by atoms with Gasteiger partial charge >= 0.3 is 5.97 Å². The number of nitrogens with zero attached hydrogens (tertiary/aromatic N) is 2. The highest BCUT2D eigenvalue weighted by molar-refractivity contribution is 6.06. The van der Waals surface area contributed by atoms with E-state index in [9.17, 15) is 24.3 Å². The van der Waals surface area contributed by atoms with Crippen LogP contribution in [0.1, 0.15) is 33.6 Å². The summed E-state index contributed by atoms with van der Waals surface area (Å²) in [7, 11) is 0. The summed E-state index contributed by atoms with van der Waals surface area (Å²) in [5.74, 6) is -3.82. The molecule has 4 aliphatic heterocycles. The summed E-state index contributed by atoms with van der Waals surface area (Å²) >= 11 is 0. The Hall–Kier alpha value is -4.02. The van der Waals surface area contributed by atoms with Crippen molar-refractivity contribution >= 4 is 40.2 Å². The zero-order chi connectivity index (χ0) is 31.2. The number of nitrogens with one attached hydrogen (secondary N) is 1. The van der Waals surface area contributed by atoms with Crippen molar-refractivity contribution in [3.63, 3.8) is 0 Å². The van der Waals surface area contributed by atoms with Crippen LogP contribution in [0.2, 0.25) is 0 Å². The Morgan fingerprint density at radius 3 is 2.57 bits per heavy atom. The number of aliphatic hydroxyl groups is 1. The van der Waals surface area contributed by atoms with E-state index in [1.165, 1.54) is 4.90 Å². The minimum absolute atomic E-state index is 0.143. The van der Waals surface area contributed by atoms with Crippen LogP contribution in [-0.2, 0) is 28.7 Å². The number of cyclic esters (lactones) is 1. The van der Waals surface area contributed by atoms with Gasteiger partial charge in [-0.3, -0.25) is 19.2 Å². The highest BCUT2D eigenvalue weighted by Crippen LogP contribution is 2.54. The molecule has 7 atom stereocenters. The average Bonchev–Trinajstić information content (AvgIpc) is 3.38. The van der Waals surface area contributed by atoms with Gasteiger partial charge in [-0.2, -0.15) is 0 Å². The third-order valence-corrected chi connectivity index (χ3v) is 9.33. The summed E-state index contributed by atoms with van der Waals surface area (Å²) in [5, 5.41) is 15.3. The number of rotatable bonds is 4. The molecule has 0 aliphatic carbocycles. The van der Waals surface area contributed by atoms with E-state index in [1.807, 2.05) is 62.4 Å². The predicted molar refractivity (Wildman–Crippen MR) is 163 cm³/mol. The molecule has 2 fully saturated rings. The lowest BCUT2D eigenvalue weighted by Crippen LogP contribution is -2.59. The van der Waals surface area contributed by atoms with E-state index in [2.05, 4.69) is 5.32 Å². The molecule has 4 heterocycles. The maximum Gasteiger partial charge on any atom is 0.313 e. The van der Waals surface area contributed by atoms with Gasteiger partial charge in [0.15, 0.2) is 0 Å². The molecule has 0 saturated carbocycles. The molecule has 2 N–H and O–H groups in total. The van der Waals surface area contributed by atoms with E-state index in [0.29, 0.717) is 12.1 Å². The second-order valence-electron chi connectivity index (χ2n) is 12.5.